The maximum Gasteiger partial charge on any atom is 0.231 e. The van der Waals surface area contributed by atoms with Crippen LogP contribution < -0.4 is 5.32 Å². The molecule has 1 aromatic rings. The lowest BCUT2D eigenvalue weighted by molar-refractivity contribution is -0.148. The summed E-state index contributed by atoms with van der Waals surface area (Å²) in [5.41, 5.74) is 0.0227. The van der Waals surface area contributed by atoms with Crippen molar-refractivity contribution in [1.82, 2.24) is 10.2 Å². The van der Waals surface area contributed by atoms with Gasteiger partial charge >= 0.3 is 0 Å². The van der Waals surface area contributed by atoms with Crippen molar-refractivity contribution < 1.29 is 13.9 Å². The molecule has 1 heterocycles. The van der Waals surface area contributed by atoms with Gasteiger partial charge in [0, 0.05) is 30.2 Å². The zero-order valence-corrected chi connectivity index (χ0v) is 15.3. The number of hydrogen-bond acceptors (Lipinski definition) is 3. The van der Waals surface area contributed by atoms with E-state index in [2.05, 4.69) is 21.2 Å². The van der Waals surface area contributed by atoms with E-state index in [1.807, 2.05) is 6.92 Å². The zero-order valence-electron chi connectivity index (χ0n) is 13.7. The number of nitrogens with zero attached hydrogens (tertiary/aromatic N) is 1. The average Bonchev–Trinajstić information content (AvgIpc) is 2.56. The topological polar surface area (TPSA) is 41.6 Å². The number of carbonyl (C=O) groups excluding carboxylic acids is 1. The van der Waals surface area contributed by atoms with E-state index in [0.29, 0.717) is 18.7 Å². The van der Waals surface area contributed by atoms with E-state index in [-0.39, 0.29) is 18.3 Å². The normalized spacial score (nSPS) is 17.0. The molecule has 6 heteroatoms. The van der Waals surface area contributed by atoms with Crippen molar-refractivity contribution in [1.29, 1.82) is 0 Å². The Hall–Kier alpha value is -0.980. The summed E-state index contributed by atoms with van der Waals surface area (Å²) in [4.78, 5) is 14.9. The Labute approximate surface area is 145 Å². The second-order valence-corrected chi connectivity index (χ2v) is 6.93. The maximum atomic E-state index is 14.0. The lowest BCUT2D eigenvalue weighted by Gasteiger charge is -2.39. The van der Waals surface area contributed by atoms with Crippen molar-refractivity contribution in [2.45, 2.75) is 26.3 Å². The van der Waals surface area contributed by atoms with Crippen LogP contribution in [0, 0.1) is 11.2 Å². The number of nitrogens with one attached hydrogen (secondary N) is 1. The number of rotatable bonds is 6. The second-order valence-electron chi connectivity index (χ2n) is 6.02. The quantitative estimate of drug-likeness (QED) is 0.816. The molecule has 0 spiro atoms. The summed E-state index contributed by atoms with van der Waals surface area (Å²) in [6.07, 6.45) is 1.49. The van der Waals surface area contributed by atoms with E-state index in [4.69, 9.17) is 4.74 Å². The lowest BCUT2D eigenvalue weighted by Crippen LogP contribution is -2.51. The van der Waals surface area contributed by atoms with Crippen LogP contribution in [0.3, 0.4) is 0 Å². The molecule has 128 valence electrons. The molecule has 1 N–H and O–H groups in total. The molecule has 0 aromatic heterocycles. The van der Waals surface area contributed by atoms with Gasteiger partial charge in [-0.25, -0.2) is 4.39 Å². The smallest absolute Gasteiger partial charge is 0.231 e. The maximum absolute atomic E-state index is 14.0. The van der Waals surface area contributed by atoms with Gasteiger partial charge in [-0.3, -0.25) is 4.79 Å². The fraction of sp³-hybridized carbons (Fsp3) is 0.588. The van der Waals surface area contributed by atoms with E-state index < -0.39 is 5.41 Å². The molecule has 0 bridgehead atoms. The monoisotopic (exact) mass is 386 g/mol. The molecule has 1 saturated heterocycles. The molecule has 0 aliphatic carbocycles. The van der Waals surface area contributed by atoms with Gasteiger partial charge in [-0.1, -0.05) is 15.9 Å². The Morgan fingerprint density at radius 1 is 1.43 bits per heavy atom. The number of halogens is 2. The van der Waals surface area contributed by atoms with Gasteiger partial charge < -0.3 is 15.0 Å². The zero-order chi connectivity index (χ0) is 16.9. The van der Waals surface area contributed by atoms with Crippen LogP contribution in [0.25, 0.3) is 0 Å². The minimum absolute atomic E-state index is 0.0581. The molecule has 0 radical (unpaired) electrons. The molecule has 0 saturated carbocycles. The van der Waals surface area contributed by atoms with Gasteiger partial charge in [-0.05, 0) is 51.1 Å². The highest BCUT2D eigenvalue weighted by Gasteiger charge is 2.42. The van der Waals surface area contributed by atoms with Gasteiger partial charge in [0.15, 0.2) is 0 Å². The third-order valence-electron chi connectivity index (χ3n) is 4.47. The van der Waals surface area contributed by atoms with Crippen molar-refractivity contribution in [3.05, 3.63) is 34.1 Å². The summed E-state index contributed by atoms with van der Waals surface area (Å²) in [7, 11) is 1.63. The highest BCUT2D eigenvalue weighted by Crippen LogP contribution is 2.32. The minimum atomic E-state index is -0.501. The number of piperidine rings is 1. The fourth-order valence-electron chi connectivity index (χ4n) is 3.13. The van der Waals surface area contributed by atoms with E-state index >= 15 is 0 Å². The van der Waals surface area contributed by atoms with E-state index in [0.717, 1.165) is 30.4 Å². The average molecular weight is 387 g/mol. The molecule has 0 unspecified atom stereocenters. The highest BCUT2D eigenvalue weighted by atomic mass is 79.9. The van der Waals surface area contributed by atoms with E-state index in [1.54, 1.807) is 24.1 Å². The van der Waals surface area contributed by atoms with Crippen LogP contribution >= 0.6 is 15.9 Å². The molecular formula is C17H24BrFN2O2. The Balaban J connectivity index is 2.21. The van der Waals surface area contributed by atoms with Crippen LogP contribution in [0.15, 0.2) is 22.7 Å². The van der Waals surface area contributed by atoms with Crippen molar-refractivity contribution in [2.75, 3.05) is 33.4 Å². The van der Waals surface area contributed by atoms with Crippen LogP contribution in [0.5, 0.6) is 0 Å². The van der Waals surface area contributed by atoms with Gasteiger partial charge in [0.1, 0.15) is 5.82 Å². The number of benzene rings is 1. The number of amides is 1. The molecule has 1 aliphatic rings. The summed E-state index contributed by atoms with van der Waals surface area (Å²) < 4.78 is 20.2. The number of carbonyl (C=O) groups is 1. The second kappa shape index (κ2) is 8.22. The molecule has 23 heavy (non-hydrogen) atoms. The van der Waals surface area contributed by atoms with E-state index in [9.17, 15) is 9.18 Å². The summed E-state index contributed by atoms with van der Waals surface area (Å²) in [5.74, 6) is -0.228. The van der Waals surface area contributed by atoms with Crippen molar-refractivity contribution in [3.8, 4) is 0 Å². The first-order valence-electron chi connectivity index (χ1n) is 7.95. The molecule has 4 nitrogen and oxygen atoms in total. The third kappa shape index (κ3) is 4.31. The Kier molecular flexibility index (Phi) is 6.56. The summed E-state index contributed by atoms with van der Waals surface area (Å²) >= 11 is 3.36. The van der Waals surface area contributed by atoms with Crippen LogP contribution in [-0.2, 0) is 16.1 Å². The summed E-state index contributed by atoms with van der Waals surface area (Å²) in [5, 5.41) is 3.28. The van der Waals surface area contributed by atoms with Crippen molar-refractivity contribution in [3.63, 3.8) is 0 Å². The molecule has 1 fully saturated rings. The predicted molar refractivity (Wildman–Crippen MR) is 91.6 cm³/mol. The summed E-state index contributed by atoms with van der Waals surface area (Å²) in [6.45, 7) is 4.76. The molecule has 1 aliphatic heterocycles. The number of hydrogen-bond donors (Lipinski definition) is 1. The van der Waals surface area contributed by atoms with Crippen LogP contribution in [0.4, 0.5) is 4.39 Å². The minimum Gasteiger partial charge on any atom is -0.384 e. The molecular weight excluding hydrogens is 363 g/mol. The van der Waals surface area contributed by atoms with Crippen LogP contribution in [-0.4, -0.2) is 44.2 Å². The van der Waals surface area contributed by atoms with Gasteiger partial charge in [-0.15, -0.1) is 0 Å². The van der Waals surface area contributed by atoms with Gasteiger partial charge in [0.2, 0.25) is 5.91 Å². The first kappa shape index (κ1) is 18.4. The lowest BCUT2D eigenvalue weighted by atomic mass is 9.78. The molecule has 1 amide bonds. The molecule has 0 atom stereocenters. The van der Waals surface area contributed by atoms with Crippen LogP contribution in [0.1, 0.15) is 25.3 Å². The SMILES string of the molecule is CCN(Cc1cc(Br)ccc1F)C(=O)C1(COC)CCNCC1. The summed E-state index contributed by atoms with van der Waals surface area (Å²) in [6, 6.07) is 4.82. The van der Waals surface area contributed by atoms with E-state index in [1.165, 1.54) is 6.07 Å². The Morgan fingerprint density at radius 3 is 2.74 bits per heavy atom. The van der Waals surface area contributed by atoms with Crippen molar-refractivity contribution in [2.24, 2.45) is 5.41 Å². The van der Waals surface area contributed by atoms with Gasteiger partial charge in [0.25, 0.3) is 0 Å². The first-order chi connectivity index (χ1) is 11.0. The van der Waals surface area contributed by atoms with Gasteiger partial charge in [0.05, 0.1) is 12.0 Å². The third-order valence-corrected chi connectivity index (χ3v) is 4.97. The predicted octanol–water partition coefficient (Wildman–Crippen LogP) is 2.95. The largest absolute Gasteiger partial charge is 0.384 e. The molecule has 1 aromatic carbocycles. The molecule has 2 rings (SSSR count). The van der Waals surface area contributed by atoms with Crippen molar-refractivity contribution >= 4 is 21.8 Å². The van der Waals surface area contributed by atoms with Crippen LogP contribution in [0.2, 0.25) is 0 Å². The first-order valence-corrected chi connectivity index (χ1v) is 8.74. The Morgan fingerprint density at radius 2 is 2.13 bits per heavy atom. The fourth-order valence-corrected chi connectivity index (χ4v) is 3.54. The highest BCUT2D eigenvalue weighted by molar-refractivity contribution is 9.10. The van der Waals surface area contributed by atoms with Gasteiger partial charge in [-0.2, -0.15) is 0 Å². The number of ether oxygens (including phenoxy) is 1. The number of methoxy groups -OCH3 is 1. The standard InChI is InChI=1S/C17H24BrFN2O2/c1-3-21(11-13-10-14(18)4-5-15(13)19)16(22)17(12-23-2)6-8-20-9-7-17/h4-5,10,20H,3,6-9,11-12H2,1-2H3. The Bertz CT molecular complexity index is 542.